The van der Waals surface area contributed by atoms with Crippen LogP contribution >= 0.6 is 0 Å². The van der Waals surface area contributed by atoms with E-state index in [9.17, 15) is 27.6 Å². The first-order chi connectivity index (χ1) is 19.8. The van der Waals surface area contributed by atoms with E-state index in [2.05, 4.69) is 16.6 Å². The number of hydrogen-bond donors (Lipinski definition) is 1. The second kappa shape index (κ2) is 14.0. The van der Waals surface area contributed by atoms with E-state index in [1.807, 2.05) is 6.92 Å². The third-order valence-corrected chi connectivity index (χ3v) is 7.22. The van der Waals surface area contributed by atoms with Gasteiger partial charge in [-0.2, -0.15) is 0 Å². The van der Waals surface area contributed by atoms with E-state index in [1.54, 1.807) is 30.3 Å². The van der Waals surface area contributed by atoms with Crippen molar-refractivity contribution in [1.82, 2.24) is 0 Å². The van der Waals surface area contributed by atoms with Crippen molar-refractivity contribution in [2.45, 2.75) is 70.0 Å². The van der Waals surface area contributed by atoms with Gasteiger partial charge in [0.25, 0.3) is 10.0 Å². The van der Waals surface area contributed by atoms with Gasteiger partial charge in [-0.15, -0.1) is 0 Å². The van der Waals surface area contributed by atoms with Crippen LogP contribution < -0.4 is 4.72 Å². The van der Waals surface area contributed by atoms with E-state index in [1.165, 1.54) is 25.1 Å². The minimum absolute atomic E-state index is 0.0513. The smallest absolute Gasteiger partial charge is 0.303 e. The SMILES string of the molecule is CC(=O)OC[C@H]1O[C@H](C#Cc2ccccc2NS(=O)(=O)c2ccc(C)cc2)[C@@H](OC(C)=O)[C@@H](OC(C)=O)[C@@H]1OC(C)=O. The first-order valence-electron chi connectivity index (χ1n) is 12.8. The van der Waals surface area contributed by atoms with Crippen LogP contribution in [-0.2, 0) is 52.9 Å². The maximum absolute atomic E-state index is 13.0. The molecule has 5 atom stereocenters. The Labute approximate surface area is 243 Å². The number of ether oxygens (including phenoxy) is 5. The van der Waals surface area contributed by atoms with Crippen LogP contribution in [0.1, 0.15) is 38.8 Å². The molecule has 1 fully saturated rings. The zero-order valence-electron chi connectivity index (χ0n) is 23.6. The van der Waals surface area contributed by atoms with Crippen LogP contribution in [0.5, 0.6) is 0 Å². The average molecular weight is 602 g/mol. The van der Waals surface area contributed by atoms with Gasteiger partial charge in [-0.25, -0.2) is 8.42 Å². The highest BCUT2D eigenvalue weighted by Crippen LogP contribution is 2.29. The van der Waals surface area contributed by atoms with E-state index in [4.69, 9.17) is 23.7 Å². The van der Waals surface area contributed by atoms with Gasteiger partial charge in [-0.05, 0) is 31.2 Å². The summed E-state index contributed by atoms with van der Waals surface area (Å²) < 4.78 is 55.8. The molecule has 1 N–H and O–H groups in total. The summed E-state index contributed by atoms with van der Waals surface area (Å²) in [5, 5.41) is 0. The second-order valence-electron chi connectivity index (χ2n) is 9.35. The molecule has 0 aliphatic carbocycles. The molecule has 1 heterocycles. The minimum atomic E-state index is -3.96. The number of benzene rings is 2. The zero-order valence-corrected chi connectivity index (χ0v) is 24.4. The van der Waals surface area contributed by atoms with Crippen molar-refractivity contribution in [2.75, 3.05) is 11.3 Å². The van der Waals surface area contributed by atoms with Gasteiger partial charge in [0, 0.05) is 33.3 Å². The number of rotatable bonds is 8. The molecule has 1 aliphatic heterocycles. The molecule has 0 radical (unpaired) electrons. The summed E-state index contributed by atoms with van der Waals surface area (Å²) in [6.07, 6.45) is -6.51. The molecule has 1 aliphatic rings. The first-order valence-corrected chi connectivity index (χ1v) is 14.3. The molecule has 42 heavy (non-hydrogen) atoms. The van der Waals surface area contributed by atoms with Crippen LogP contribution in [0.2, 0.25) is 0 Å². The van der Waals surface area contributed by atoms with E-state index >= 15 is 0 Å². The molecule has 0 spiro atoms. The number of hydrogen-bond acceptors (Lipinski definition) is 11. The lowest BCUT2D eigenvalue weighted by Gasteiger charge is -2.42. The van der Waals surface area contributed by atoms with Crippen LogP contribution in [0.25, 0.3) is 0 Å². The molecule has 0 unspecified atom stereocenters. The number of anilines is 1. The number of sulfonamides is 1. The summed E-state index contributed by atoms with van der Waals surface area (Å²) in [4.78, 5) is 47.5. The van der Waals surface area contributed by atoms with Gasteiger partial charge < -0.3 is 23.7 Å². The number of aryl methyl sites for hydroxylation is 1. The van der Waals surface area contributed by atoms with Crippen molar-refractivity contribution in [2.24, 2.45) is 0 Å². The predicted molar refractivity (Wildman–Crippen MR) is 147 cm³/mol. The third kappa shape index (κ3) is 8.79. The maximum Gasteiger partial charge on any atom is 0.303 e. The highest BCUT2D eigenvalue weighted by molar-refractivity contribution is 7.92. The van der Waals surface area contributed by atoms with Gasteiger partial charge in [0.05, 0.1) is 10.6 Å². The Morgan fingerprint density at radius 3 is 1.98 bits per heavy atom. The van der Waals surface area contributed by atoms with Crippen molar-refractivity contribution in [1.29, 1.82) is 0 Å². The van der Waals surface area contributed by atoms with E-state index in [0.717, 1.165) is 26.3 Å². The molecule has 1 saturated heterocycles. The topological polar surface area (TPSA) is 161 Å². The van der Waals surface area contributed by atoms with E-state index < -0.39 is 71.0 Å². The fourth-order valence-electron chi connectivity index (χ4n) is 4.10. The Hall–Kier alpha value is -4.41. The third-order valence-electron chi connectivity index (χ3n) is 5.84. The molecular formula is C29H31NO11S. The number of carbonyl (C=O) groups excluding carboxylic acids is 4. The van der Waals surface area contributed by atoms with Gasteiger partial charge in [-0.1, -0.05) is 41.7 Å². The molecule has 0 saturated carbocycles. The van der Waals surface area contributed by atoms with Crippen molar-refractivity contribution < 1.29 is 51.3 Å². The summed E-state index contributed by atoms with van der Waals surface area (Å²) in [6.45, 7) is 5.96. The van der Waals surface area contributed by atoms with Crippen LogP contribution in [0.4, 0.5) is 5.69 Å². The Morgan fingerprint density at radius 1 is 0.810 bits per heavy atom. The molecular weight excluding hydrogens is 570 g/mol. The quantitative estimate of drug-likeness (QED) is 0.269. The maximum atomic E-state index is 13.0. The van der Waals surface area contributed by atoms with E-state index in [0.29, 0.717) is 0 Å². The molecule has 12 nitrogen and oxygen atoms in total. The Balaban J connectivity index is 2.03. The highest BCUT2D eigenvalue weighted by Gasteiger charge is 2.51. The first kappa shape index (κ1) is 32.1. The van der Waals surface area contributed by atoms with Gasteiger partial charge in [0.15, 0.2) is 24.4 Å². The number of nitrogens with one attached hydrogen (secondary N) is 1. The van der Waals surface area contributed by atoms with Crippen molar-refractivity contribution in [3.05, 3.63) is 59.7 Å². The summed E-state index contributed by atoms with van der Waals surface area (Å²) in [6, 6.07) is 12.6. The predicted octanol–water partition coefficient (Wildman–Crippen LogP) is 2.27. The molecule has 2 aromatic rings. The van der Waals surface area contributed by atoms with Gasteiger partial charge in [0.1, 0.15) is 12.7 Å². The monoisotopic (exact) mass is 601 g/mol. The summed E-state index contributed by atoms with van der Waals surface area (Å²) in [5.41, 5.74) is 1.31. The molecule has 13 heteroatoms. The normalized spacial score (nSPS) is 21.6. The van der Waals surface area contributed by atoms with Gasteiger partial charge in [0.2, 0.25) is 0 Å². The number of carbonyl (C=O) groups is 4. The average Bonchev–Trinajstić information content (AvgIpc) is 2.89. The van der Waals surface area contributed by atoms with Crippen LogP contribution in [0, 0.1) is 18.8 Å². The lowest BCUT2D eigenvalue weighted by molar-refractivity contribution is -0.242. The fraction of sp³-hybridized carbons (Fsp3) is 0.379. The van der Waals surface area contributed by atoms with Crippen LogP contribution in [0.3, 0.4) is 0 Å². The summed E-state index contributed by atoms with van der Waals surface area (Å²) in [5.74, 6) is 2.70. The standard InChI is InChI=1S/C29H31NO11S/c1-17-10-13-23(14-11-17)42(35,36)30-24-9-7-6-8-22(24)12-15-25-27(38-19(3)32)29(40-21(5)34)28(39-20(4)33)26(41-25)16-37-18(2)31/h6-11,13-14,25-30H,16H2,1-5H3/t25-,26-,27-,28-,29-/m1/s1. The van der Waals surface area contributed by atoms with Gasteiger partial charge >= 0.3 is 23.9 Å². The summed E-state index contributed by atoms with van der Waals surface area (Å²) >= 11 is 0. The minimum Gasteiger partial charge on any atom is -0.463 e. The van der Waals surface area contributed by atoms with Crippen LogP contribution in [0.15, 0.2) is 53.4 Å². The second-order valence-corrected chi connectivity index (χ2v) is 11.0. The highest BCUT2D eigenvalue weighted by atomic mass is 32.2. The number of para-hydroxylation sites is 1. The van der Waals surface area contributed by atoms with Crippen molar-refractivity contribution in [3.8, 4) is 11.8 Å². The zero-order chi connectivity index (χ0) is 31.0. The number of esters is 4. The molecule has 224 valence electrons. The fourth-order valence-corrected chi connectivity index (χ4v) is 5.18. The Bertz CT molecular complexity index is 1490. The van der Waals surface area contributed by atoms with Crippen molar-refractivity contribution in [3.63, 3.8) is 0 Å². The Morgan fingerprint density at radius 2 is 1.38 bits per heavy atom. The largest absolute Gasteiger partial charge is 0.463 e. The molecule has 0 bridgehead atoms. The van der Waals surface area contributed by atoms with Crippen LogP contribution in [-0.4, -0.2) is 69.4 Å². The lowest BCUT2D eigenvalue weighted by Crippen LogP contribution is -2.62. The molecule has 0 aromatic heterocycles. The van der Waals surface area contributed by atoms with E-state index in [-0.39, 0.29) is 16.1 Å². The lowest BCUT2D eigenvalue weighted by atomic mass is 9.94. The Kier molecular flexibility index (Phi) is 10.7. The molecule has 0 amide bonds. The molecule has 3 rings (SSSR count). The molecule has 2 aromatic carbocycles. The van der Waals surface area contributed by atoms with Crippen molar-refractivity contribution >= 4 is 39.6 Å². The van der Waals surface area contributed by atoms with Gasteiger partial charge in [-0.3, -0.25) is 23.9 Å². The summed E-state index contributed by atoms with van der Waals surface area (Å²) in [7, 11) is -3.96.